The van der Waals surface area contributed by atoms with Gasteiger partial charge in [0.25, 0.3) is 0 Å². The molecule has 1 saturated heterocycles. The molecule has 6 amide bonds. The second-order valence-corrected chi connectivity index (χ2v) is 12.4. The summed E-state index contributed by atoms with van der Waals surface area (Å²) in [5, 5.41) is 66.4. The number of guanidine groups is 1. The molecule has 0 spiro atoms. The fraction of sp³-hybridized carbons (Fsp3) is 0.633. The molecule has 0 radical (unpaired) electrons. The van der Waals surface area contributed by atoms with E-state index in [2.05, 4.69) is 20.9 Å². The van der Waals surface area contributed by atoms with E-state index in [1.54, 1.807) is 0 Å². The minimum Gasteiger partial charge on any atom is -0.481 e. The number of rotatable bonds is 25. The molecule has 26 heteroatoms. The monoisotopic (exact) mass is 804 g/mol. The van der Waals surface area contributed by atoms with Gasteiger partial charge in [-0.3, -0.25) is 48.1 Å². The smallest absolute Gasteiger partial charge is 0.328 e. The molecule has 0 saturated carbocycles. The highest BCUT2D eigenvalue weighted by atomic mass is 16.4. The van der Waals surface area contributed by atoms with Crippen LogP contribution < -0.4 is 43.8 Å². The summed E-state index contributed by atoms with van der Waals surface area (Å²) in [6.45, 7) is -2.17. The number of nitrogens with zero attached hydrogens (tertiary/aromatic N) is 2. The van der Waals surface area contributed by atoms with Crippen LogP contribution >= 0.6 is 0 Å². The van der Waals surface area contributed by atoms with Crippen molar-refractivity contribution < 1.29 is 78.6 Å². The number of carboxylic acids is 4. The van der Waals surface area contributed by atoms with E-state index in [1.807, 2.05) is 10.6 Å². The van der Waals surface area contributed by atoms with E-state index < -0.39 is 141 Å². The van der Waals surface area contributed by atoms with Gasteiger partial charge in [0, 0.05) is 19.5 Å². The molecule has 1 rings (SSSR count). The maximum Gasteiger partial charge on any atom is 0.328 e. The van der Waals surface area contributed by atoms with Crippen molar-refractivity contribution in [3.05, 3.63) is 0 Å². The molecule has 7 atom stereocenters. The van der Waals surface area contributed by atoms with E-state index in [0.29, 0.717) is 0 Å². The Balaban J connectivity index is 3.31. The second kappa shape index (κ2) is 23.6. The van der Waals surface area contributed by atoms with Gasteiger partial charge in [0.05, 0.1) is 32.1 Å². The Morgan fingerprint density at radius 3 is 1.73 bits per heavy atom. The summed E-state index contributed by atoms with van der Waals surface area (Å²) in [4.78, 5) is 129. The first-order chi connectivity index (χ1) is 26.2. The summed E-state index contributed by atoms with van der Waals surface area (Å²) in [6, 6.07) is -11.7. The maximum atomic E-state index is 13.8. The highest BCUT2D eigenvalue weighted by molar-refractivity contribution is 5.98. The van der Waals surface area contributed by atoms with Crippen LogP contribution in [0, 0.1) is 0 Å². The SMILES string of the molecule is NC(N)=NCCC[C@H](NC(=O)[C@H](CCC(=O)O)NC(=O)[C@H](CO)NC(=O)[C@H](CC(=O)O)NC(=O)[C@@H](N)CC(=O)O)C(=O)N1CCC[C@H]1C(=O)N[C@@H](CO)C(=O)O. The fourth-order valence-corrected chi connectivity index (χ4v) is 5.21. The molecule has 1 aliphatic heterocycles. The van der Waals surface area contributed by atoms with Gasteiger partial charge in [-0.1, -0.05) is 0 Å². The molecule has 17 N–H and O–H groups in total. The molecule has 1 fully saturated rings. The second-order valence-electron chi connectivity index (χ2n) is 12.4. The highest BCUT2D eigenvalue weighted by Gasteiger charge is 2.40. The average Bonchev–Trinajstić information content (AvgIpc) is 3.61. The lowest BCUT2D eigenvalue weighted by atomic mass is 10.1. The standard InChI is InChI=1S/C30H48N10O16/c31-13(9-21(45)46)23(49)37-16(10-22(47)48)25(51)38-17(11-41)26(52)35-14(5-6-20(43)44)24(50)36-15(3-1-7-34-30(32)33)28(54)40-8-2-4-19(40)27(53)39-18(12-42)29(55)56/h13-19,41-42H,1-12,31H2,(H,35,52)(H,36,50)(H,37,49)(H,38,51)(H,39,53)(H,43,44)(H,45,46)(H,47,48)(H,55,56)(H4,32,33,34)/t13-,14-,15-,16-,17-,18-,19-/m0/s1. The van der Waals surface area contributed by atoms with Crippen molar-refractivity contribution in [1.82, 2.24) is 31.5 Å². The van der Waals surface area contributed by atoms with Crippen molar-refractivity contribution in [2.45, 2.75) is 93.7 Å². The lowest BCUT2D eigenvalue weighted by Gasteiger charge is -2.30. The van der Waals surface area contributed by atoms with Crippen LogP contribution in [0.1, 0.15) is 51.4 Å². The summed E-state index contributed by atoms with van der Waals surface area (Å²) < 4.78 is 0. The number of nitrogens with two attached hydrogens (primary N) is 3. The van der Waals surface area contributed by atoms with Crippen molar-refractivity contribution in [3.63, 3.8) is 0 Å². The van der Waals surface area contributed by atoms with Crippen LogP contribution in [0.4, 0.5) is 0 Å². The number of aliphatic imine (C=N–C) groups is 1. The van der Waals surface area contributed by atoms with E-state index in [1.165, 1.54) is 0 Å². The predicted molar refractivity (Wildman–Crippen MR) is 185 cm³/mol. The number of hydrogen-bond acceptors (Lipinski definition) is 14. The number of carbonyl (C=O) groups is 10. The summed E-state index contributed by atoms with van der Waals surface area (Å²) in [5.41, 5.74) is 16.1. The van der Waals surface area contributed by atoms with Crippen molar-refractivity contribution in [2.75, 3.05) is 26.3 Å². The number of carbonyl (C=O) groups excluding carboxylic acids is 6. The summed E-state index contributed by atoms with van der Waals surface area (Å²) in [7, 11) is 0. The molecule has 1 heterocycles. The van der Waals surface area contributed by atoms with Crippen molar-refractivity contribution in [2.24, 2.45) is 22.2 Å². The third kappa shape index (κ3) is 16.5. The number of aliphatic hydroxyl groups is 2. The third-order valence-corrected chi connectivity index (χ3v) is 8.03. The summed E-state index contributed by atoms with van der Waals surface area (Å²) in [6.07, 6.45) is -3.06. The number of carboxylic acid groups (broad SMARTS) is 4. The molecule has 26 nitrogen and oxygen atoms in total. The molecule has 0 aliphatic carbocycles. The first kappa shape index (κ1) is 47.9. The Hall–Kier alpha value is -6.15. The molecular formula is C30H48N10O16. The molecule has 0 bridgehead atoms. The molecule has 0 unspecified atom stereocenters. The maximum absolute atomic E-state index is 13.8. The summed E-state index contributed by atoms with van der Waals surface area (Å²) in [5.74, 6) is -13.1. The largest absolute Gasteiger partial charge is 0.481 e. The third-order valence-electron chi connectivity index (χ3n) is 8.03. The fourth-order valence-electron chi connectivity index (χ4n) is 5.21. The Kier molecular flexibility index (Phi) is 20.2. The first-order valence-electron chi connectivity index (χ1n) is 16.9. The number of aliphatic carboxylic acids is 4. The highest BCUT2D eigenvalue weighted by Crippen LogP contribution is 2.20. The minimum atomic E-state index is -1.95. The quantitative estimate of drug-likeness (QED) is 0.0231. The van der Waals surface area contributed by atoms with E-state index >= 15 is 0 Å². The van der Waals surface area contributed by atoms with Crippen LogP contribution in [0.15, 0.2) is 4.99 Å². The van der Waals surface area contributed by atoms with Gasteiger partial charge in [0.15, 0.2) is 5.96 Å². The number of amides is 6. The Morgan fingerprint density at radius 2 is 1.20 bits per heavy atom. The predicted octanol–water partition coefficient (Wildman–Crippen LogP) is -7.33. The molecule has 56 heavy (non-hydrogen) atoms. The van der Waals surface area contributed by atoms with Crippen LogP contribution in [0.2, 0.25) is 0 Å². The van der Waals surface area contributed by atoms with Crippen LogP contribution in [-0.2, 0) is 47.9 Å². The summed E-state index contributed by atoms with van der Waals surface area (Å²) >= 11 is 0. The Morgan fingerprint density at radius 1 is 0.661 bits per heavy atom. The normalized spacial score (nSPS) is 16.7. The van der Waals surface area contributed by atoms with Crippen molar-refractivity contribution in [3.8, 4) is 0 Å². The van der Waals surface area contributed by atoms with Crippen LogP contribution in [0.3, 0.4) is 0 Å². The van der Waals surface area contributed by atoms with E-state index in [0.717, 1.165) is 4.90 Å². The molecule has 0 aromatic heterocycles. The van der Waals surface area contributed by atoms with Crippen LogP contribution in [0.5, 0.6) is 0 Å². The van der Waals surface area contributed by atoms with Crippen molar-refractivity contribution in [1.29, 1.82) is 0 Å². The van der Waals surface area contributed by atoms with Gasteiger partial charge < -0.3 is 79.3 Å². The van der Waals surface area contributed by atoms with Gasteiger partial charge in [-0.15, -0.1) is 0 Å². The number of aliphatic hydroxyl groups excluding tert-OH is 2. The number of nitrogens with one attached hydrogen (secondary N) is 5. The number of likely N-dealkylation sites (tertiary alicyclic amines) is 1. The minimum absolute atomic E-state index is 0.0140. The van der Waals surface area contributed by atoms with Crippen molar-refractivity contribution >= 4 is 65.3 Å². The van der Waals surface area contributed by atoms with E-state index in [9.17, 15) is 73.5 Å². The molecular weight excluding hydrogens is 756 g/mol. The Bertz CT molecular complexity index is 1510. The molecule has 1 aliphatic rings. The zero-order chi connectivity index (χ0) is 42.7. The lowest BCUT2D eigenvalue weighted by Crippen LogP contribution is -2.60. The van der Waals surface area contributed by atoms with Gasteiger partial charge in [-0.25, -0.2) is 4.79 Å². The zero-order valence-corrected chi connectivity index (χ0v) is 29.9. The average molecular weight is 805 g/mol. The lowest BCUT2D eigenvalue weighted by molar-refractivity contribution is -0.146. The van der Waals surface area contributed by atoms with Gasteiger partial charge in [0.1, 0.15) is 36.3 Å². The number of hydrogen-bond donors (Lipinski definition) is 14. The van der Waals surface area contributed by atoms with Gasteiger partial charge in [-0.05, 0) is 32.1 Å². The van der Waals surface area contributed by atoms with Gasteiger partial charge >= 0.3 is 23.9 Å². The molecule has 0 aromatic rings. The topological polar surface area (TPSA) is 446 Å². The zero-order valence-electron chi connectivity index (χ0n) is 29.9. The first-order valence-corrected chi connectivity index (χ1v) is 16.9. The van der Waals surface area contributed by atoms with E-state index in [-0.39, 0.29) is 44.7 Å². The van der Waals surface area contributed by atoms with Gasteiger partial charge in [0.2, 0.25) is 35.4 Å². The molecule has 314 valence electrons. The van der Waals surface area contributed by atoms with Crippen LogP contribution in [-0.4, -0.2) is 169 Å². The van der Waals surface area contributed by atoms with Gasteiger partial charge in [-0.2, -0.15) is 0 Å². The Labute approximate surface area is 317 Å². The van der Waals surface area contributed by atoms with Crippen LogP contribution in [0.25, 0.3) is 0 Å². The van der Waals surface area contributed by atoms with E-state index in [4.69, 9.17) is 22.3 Å². The molecule has 0 aromatic carbocycles.